The van der Waals surface area contributed by atoms with E-state index in [1.807, 2.05) is 37.3 Å². The minimum atomic E-state index is -1.41. The molecule has 0 fully saturated rings. The Balaban J connectivity index is 1.78. The van der Waals surface area contributed by atoms with Crippen molar-refractivity contribution in [3.8, 4) is 5.75 Å². The van der Waals surface area contributed by atoms with Crippen molar-refractivity contribution >= 4 is 38.5 Å². The van der Waals surface area contributed by atoms with Crippen LogP contribution in [-0.2, 0) is 22.3 Å². The highest BCUT2D eigenvalue weighted by molar-refractivity contribution is 9.10. The molecule has 0 aliphatic carbocycles. The van der Waals surface area contributed by atoms with E-state index in [0.717, 1.165) is 5.56 Å². The Kier molecular flexibility index (Phi) is 5.33. The molecule has 2 aromatic carbocycles. The summed E-state index contributed by atoms with van der Waals surface area (Å²) in [6.07, 6.45) is 0.0590. The van der Waals surface area contributed by atoms with E-state index in [1.54, 1.807) is 12.1 Å². The van der Waals surface area contributed by atoms with Crippen LogP contribution in [0.1, 0.15) is 18.9 Å². The fraction of sp³-hybridized carbons (Fsp3) is 0.235. The van der Waals surface area contributed by atoms with Crippen molar-refractivity contribution in [2.75, 3.05) is 5.32 Å². The molecule has 2 atom stereocenters. The molecule has 0 spiro atoms. The van der Waals surface area contributed by atoms with Crippen LogP contribution >= 0.6 is 15.9 Å². The Morgan fingerprint density at radius 3 is 2.75 bits per heavy atom. The molecule has 0 aromatic heterocycles. The number of hydrogen-bond acceptors (Lipinski definition) is 3. The van der Waals surface area contributed by atoms with Gasteiger partial charge >= 0.3 is 0 Å². The molecule has 3 rings (SSSR count). The number of nitrogens with one attached hydrogen (secondary N) is 2. The highest BCUT2D eigenvalue weighted by atomic mass is 79.9. The molecule has 0 saturated carbocycles. The number of benzene rings is 2. The zero-order chi connectivity index (χ0) is 17.1. The molecule has 2 N–H and O–H groups in total. The van der Waals surface area contributed by atoms with Crippen LogP contribution < -0.4 is 14.8 Å². The smallest absolute Gasteiger partial charge is 0.265 e. The summed E-state index contributed by atoms with van der Waals surface area (Å²) in [7, 11) is -1.41. The SMILES string of the molecule is CCC1Oc2cc(S(=O)NCc3ccccc3)c(Br)cc2NC1=O. The Hall–Kier alpha value is -1.70. The zero-order valence-corrected chi connectivity index (χ0v) is 15.4. The predicted octanol–water partition coefficient (Wildman–Crippen LogP) is 3.37. The summed E-state index contributed by atoms with van der Waals surface area (Å²) in [5.41, 5.74) is 1.63. The van der Waals surface area contributed by atoms with Gasteiger partial charge < -0.3 is 10.1 Å². The first-order valence-corrected chi connectivity index (χ1v) is 9.53. The number of halogens is 1. The quantitative estimate of drug-likeness (QED) is 0.796. The third kappa shape index (κ3) is 3.68. The highest BCUT2D eigenvalue weighted by Gasteiger charge is 2.27. The van der Waals surface area contributed by atoms with Crippen LogP contribution in [0.15, 0.2) is 51.8 Å². The average Bonchev–Trinajstić information content (AvgIpc) is 2.59. The van der Waals surface area contributed by atoms with Gasteiger partial charge in [-0.25, -0.2) is 8.93 Å². The second-order valence-electron chi connectivity index (χ2n) is 5.36. The Bertz CT molecular complexity index is 783. The molecule has 2 aromatic rings. The van der Waals surface area contributed by atoms with E-state index >= 15 is 0 Å². The first-order chi connectivity index (χ1) is 11.6. The molecular weight excluding hydrogens is 392 g/mol. The molecule has 1 aliphatic heterocycles. The summed E-state index contributed by atoms with van der Waals surface area (Å²) in [5.74, 6) is 0.377. The van der Waals surface area contributed by atoms with E-state index < -0.39 is 17.1 Å². The summed E-state index contributed by atoms with van der Waals surface area (Å²) in [4.78, 5) is 12.4. The number of fused-ring (bicyclic) bond motifs is 1. The lowest BCUT2D eigenvalue weighted by Gasteiger charge is -2.25. The number of rotatable bonds is 5. The van der Waals surface area contributed by atoms with Crippen molar-refractivity contribution in [1.82, 2.24) is 4.72 Å². The maximum absolute atomic E-state index is 12.6. The summed E-state index contributed by atoms with van der Waals surface area (Å²) in [6, 6.07) is 13.2. The van der Waals surface area contributed by atoms with Crippen LogP contribution in [0.25, 0.3) is 0 Å². The fourth-order valence-corrected chi connectivity index (χ4v) is 4.07. The van der Waals surface area contributed by atoms with E-state index in [0.29, 0.717) is 33.8 Å². The molecular formula is C17H17BrN2O3S. The van der Waals surface area contributed by atoms with E-state index in [4.69, 9.17) is 4.74 Å². The van der Waals surface area contributed by atoms with Crippen LogP contribution in [-0.4, -0.2) is 16.2 Å². The summed E-state index contributed by atoms with van der Waals surface area (Å²) >= 11 is 3.41. The summed E-state index contributed by atoms with van der Waals surface area (Å²) in [6.45, 7) is 2.38. The van der Waals surface area contributed by atoms with Crippen LogP contribution in [0.2, 0.25) is 0 Å². The molecule has 2 unspecified atom stereocenters. The highest BCUT2D eigenvalue weighted by Crippen LogP contribution is 2.36. The molecule has 1 aliphatic rings. The van der Waals surface area contributed by atoms with Gasteiger partial charge in [-0.15, -0.1) is 0 Å². The van der Waals surface area contributed by atoms with Crippen molar-refractivity contribution in [3.63, 3.8) is 0 Å². The number of anilines is 1. The second kappa shape index (κ2) is 7.46. The Morgan fingerprint density at radius 2 is 2.04 bits per heavy atom. The lowest BCUT2D eigenvalue weighted by atomic mass is 10.2. The van der Waals surface area contributed by atoms with Crippen molar-refractivity contribution in [3.05, 3.63) is 52.5 Å². The van der Waals surface area contributed by atoms with Gasteiger partial charge in [-0.3, -0.25) is 4.79 Å². The molecule has 126 valence electrons. The van der Waals surface area contributed by atoms with Crippen molar-refractivity contribution < 1.29 is 13.7 Å². The zero-order valence-electron chi connectivity index (χ0n) is 13.0. The van der Waals surface area contributed by atoms with Crippen LogP contribution in [0.3, 0.4) is 0 Å². The minimum absolute atomic E-state index is 0.159. The summed E-state index contributed by atoms with van der Waals surface area (Å²) in [5, 5.41) is 2.81. The van der Waals surface area contributed by atoms with E-state index in [2.05, 4.69) is 26.0 Å². The average molecular weight is 409 g/mol. The van der Waals surface area contributed by atoms with Gasteiger partial charge in [0.2, 0.25) is 0 Å². The van der Waals surface area contributed by atoms with Gasteiger partial charge in [0, 0.05) is 17.1 Å². The molecule has 0 saturated heterocycles. The van der Waals surface area contributed by atoms with E-state index in [-0.39, 0.29) is 5.91 Å². The molecule has 24 heavy (non-hydrogen) atoms. The normalized spacial score (nSPS) is 17.6. The maximum atomic E-state index is 12.6. The Morgan fingerprint density at radius 1 is 1.29 bits per heavy atom. The van der Waals surface area contributed by atoms with Crippen LogP contribution in [0.4, 0.5) is 5.69 Å². The number of carbonyl (C=O) groups is 1. The maximum Gasteiger partial charge on any atom is 0.265 e. The van der Waals surface area contributed by atoms with Gasteiger partial charge in [-0.2, -0.15) is 0 Å². The first-order valence-electron chi connectivity index (χ1n) is 7.58. The third-order valence-corrected chi connectivity index (χ3v) is 5.74. The first kappa shape index (κ1) is 17.1. The van der Waals surface area contributed by atoms with Crippen molar-refractivity contribution in [2.45, 2.75) is 30.9 Å². The van der Waals surface area contributed by atoms with Crippen LogP contribution in [0, 0.1) is 0 Å². The third-order valence-electron chi connectivity index (χ3n) is 3.67. The molecule has 7 heteroatoms. The molecule has 0 radical (unpaired) electrons. The topological polar surface area (TPSA) is 67.4 Å². The molecule has 5 nitrogen and oxygen atoms in total. The molecule has 1 heterocycles. The Labute approximate surface area is 151 Å². The van der Waals surface area contributed by atoms with Gasteiger partial charge in [0.1, 0.15) is 16.7 Å². The van der Waals surface area contributed by atoms with Crippen LogP contribution in [0.5, 0.6) is 5.75 Å². The van der Waals surface area contributed by atoms with Gasteiger partial charge in [-0.05, 0) is 34.0 Å². The van der Waals surface area contributed by atoms with Crippen molar-refractivity contribution in [1.29, 1.82) is 0 Å². The van der Waals surface area contributed by atoms with Gasteiger partial charge in [-0.1, -0.05) is 37.3 Å². The number of hydrogen-bond donors (Lipinski definition) is 2. The molecule has 0 bridgehead atoms. The second-order valence-corrected chi connectivity index (χ2v) is 7.48. The van der Waals surface area contributed by atoms with Gasteiger partial charge in [0.15, 0.2) is 6.10 Å². The van der Waals surface area contributed by atoms with Gasteiger partial charge in [0.25, 0.3) is 5.91 Å². The van der Waals surface area contributed by atoms with E-state index in [1.165, 1.54) is 0 Å². The number of ether oxygens (including phenoxy) is 1. The minimum Gasteiger partial charge on any atom is -0.478 e. The van der Waals surface area contributed by atoms with Gasteiger partial charge in [0.05, 0.1) is 10.6 Å². The van der Waals surface area contributed by atoms with E-state index in [9.17, 15) is 9.00 Å². The van der Waals surface area contributed by atoms with Crippen molar-refractivity contribution in [2.24, 2.45) is 0 Å². The lowest BCUT2D eigenvalue weighted by Crippen LogP contribution is -2.36. The largest absolute Gasteiger partial charge is 0.478 e. The lowest BCUT2D eigenvalue weighted by molar-refractivity contribution is -0.123. The number of amides is 1. The summed E-state index contributed by atoms with van der Waals surface area (Å²) < 4.78 is 21.9. The fourth-order valence-electron chi connectivity index (χ4n) is 2.38. The predicted molar refractivity (Wildman–Crippen MR) is 97.2 cm³/mol. The number of carbonyl (C=O) groups excluding carboxylic acids is 1. The monoisotopic (exact) mass is 408 g/mol. The molecule has 1 amide bonds. The standard InChI is InChI=1S/C17H17BrN2O3S/c1-2-14-17(21)20-13-8-12(18)16(9-15(13)23-14)24(22)19-10-11-6-4-3-5-7-11/h3-9,14,19H,2,10H2,1H3,(H,20,21).